The van der Waals surface area contributed by atoms with E-state index in [0.717, 1.165) is 11.1 Å². The molecule has 2 aromatic carbocycles. The largest absolute Gasteiger partial charge is 0.496 e. The van der Waals surface area contributed by atoms with Gasteiger partial charge in [0.2, 0.25) is 15.9 Å². The smallest absolute Gasteiger partial charge is 0.255 e. The number of benzene rings is 2. The zero-order chi connectivity index (χ0) is 24.7. The van der Waals surface area contributed by atoms with Gasteiger partial charge in [-0.1, -0.05) is 30.3 Å². The van der Waals surface area contributed by atoms with Gasteiger partial charge in [-0.2, -0.15) is 4.31 Å². The molecule has 0 spiro atoms. The van der Waals surface area contributed by atoms with Crippen molar-refractivity contribution in [3.05, 3.63) is 83.6 Å². The van der Waals surface area contributed by atoms with Crippen molar-refractivity contribution < 1.29 is 27.4 Å². The maximum atomic E-state index is 13.0. The topological polar surface area (TPSA) is 107 Å². The van der Waals surface area contributed by atoms with Gasteiger partial charge in [0.1, 0.15) is 12.4 Å². The first kappa shape index (κ1) is 24.6. The molecule has 1 aromatic heterocycles. The molecule has 3 aromatic rings. The van der Waals surface area contributed by atoms with Crippen LogP contribution in [-0.2, 0) is 27.9 Å². The number of ether oxygens (including phenoxy) is 3. The van der Waals surface area contributed by atoms with Gasteiger partial charge in [-0.15, -0.1) is 0 Å². The van der Waals surface area contributed by atoms with Crippen LogP contribution in [0.4, 0.5) is 0 Å². The van der Waals surface area contributed by atoms with E-state index in [2.05, 4.69) is 10.3 Å². The number of nitrogens with one attached hydrogen (secondary N) is 1. The summed E-state index contributed by atoms with van der Waals surface area (Å²) < 4.78 is 43.7. The lowest BCUT2D eigenvalue weighted by atomic mass is 10.1. The Morgan fingerprint density at radius 1 is 1.06 bits per heavy atom. The van der Waals surface area contributed by atoms with Gasteiger partial charge in [-0.05, 0) is 35.4 Å². The van der Waals surface area contributed by atoms with E-state index in [1.165, 1.54) is 29.6 Å². The van der Waals surface area contributed by atoms with Crippen LogP contribution in [0.25, 0.3) is 0 Å². The van der Waals surface area contributed by atoms with E-state index in [9.17, 15) is 13.2 Å². The Balaban J connectivity index is 1.44. The summed E-state index contributed by atoms with van der Waals surface area (Å²) in [6, 6.07) is 17.5. The molecule has 1 fully saturated rings. The van der Waals surface area contributed by atoms with Crippen molar-refractivity contribution in [2.75, 3.05) is 33.4 Å². The van der Waals surface area contributed by atoms with Crippen molar-refractivity contribution in [1.82, 2.24) is 14.6 Å². The number of morpholine rings is 1. The molecule has 0 unspecified atom stereocenters. The second kappa shape index (κ2) is 11.3. The summed E-state index contributed by atoms with van der Waals surface area (Å²) in [7, 11) is -2.32. The van der Waals surface area contributed by atoms with E-state index in [-0.39, 0.29) is 35.8 Å². The first-order chi connectivity index (χ1) is 17.0. The number of aromatic nitrogens is 1. The summed E-state index contributed by atoms with van der Waals surface area (Å²) in [6.07, 6.45) is 1.61. The van der Waals surface area contributed by atoms with Crippen LogP contribution in [-0.4, -0.2) is 57.0 Å². The molecule has 9 nitrogen and oxygen atoms in total. The third-order valence-corrected chi connectivity index (χ3v) is 7.40. The molecule has 0 atom stereocenters. The lowest BCUT2D eigenvalue weighted by molar-refractivity contribution is 0.0730. The number of nitrogens with zero attached hydrogens (tertiary/aromatic N) is 2. The second-order valence-corrected chi connectivity index (χ2v) is 9.78. The van der Waals surface area contributed by atoms with E-state index in [4.69, 9.17) is 14.2 Å². The number of carbonyl (C=O) groups excluding carboxylic acids is 1. The Kier molecular flexibility index (Phi) is 7.96. The van der Waals surface area contributed by atoms with E-state index in [1.54, 1.807) is 18.3 Å². The zero-order valence-corrected chi connectivity index (χ0v) is 20.2. The lowest BCUT2D eigenvalue weighted by Crippen LogP contribution is -2.40. The molecule has 2 heterocycles. The second-order valence-electron chi connectivity index (χ2n) is 7.84. The van der Waals surface area contributed by atoms with Gasteiger partial charge in [0.25, 0.3) is 5.91 Å². The average molecular weight is 498 g/mol. The van der Waals surface area contributed by atoms with Crippen molar-refractivity contribution in [3.8, 4) is 11.6 Å². The maximum Gasteiger partial charge on any atom is 0.255 e. The summed E-state index contributed by atoms with van der Waals surface area (Å²) in [6.45, 7) is 1.80. The third kappa shape index (κ3) is 6.16. The molecule has 184 valence electrons. The molecule has 1 aliphatic rings. The highest BCUT2D eigenvalue weighted by Gasteiger charge is 2.28. The Hall–Kier alpha value is -3.47. The minimum absolute atomic E-state index is 0.0332. The van der Waals surface area contributed by atoms with Gasteiger partial charge < -0.3 is 19.5 Å². The first-order valence-corrected chi connectivity index (χ1v) is 12.6. The van der Waals surface area contributed by atoms with Crippen molar-refractivity contribution >= 4 is 15.9 Å². The minimum atomic E-state index is -3.75. The van der Waals surface area contributed by atoms with Gasteiger partial charge >= 0.3 is 0 Å². The summed E-state index contributed by atoms with van der Waals surface area (Å²) in [5.41, 5.74) is 1.94. The van der Waals surface area contributed by atoms with Crippen LogP contribution in [0.5, 0.6) is 11.6 Å². The normalized spacial score (nSPS) is 14.3. The van der Waals surface area contributed by atoms with Gasteiger partial charge in [0.15, 0.2) is 0 Å². The van der Waals surface area contributed by atoms with E-state index in [1.807, 2.05) is 30.3 Å². The molecule has 1 saturated heterocycles. The van der Waals surface area contributed by atoms with Crippen LogP contribution in [0.1, 0.15) is 21.5 Å². The van der Waals surface area contributed by atoms with Crippen molar-refractivity contribution in [2.45, 2.75) is 18.0 Å². The number of methoxy groups -OCH3 is 1. The molecule has 1 aliphatic heterocycles. The van der Waals surface area contributed by atoms with Crippen LogP contribution in [0.2, 0.25) is 0 Å². The van der Waals surface area contributed by atoms with Gasteiger partial charge in [0, 0.05) is 31.9 Å². The van der Waals surface area contributed by atoms with Crippen LogP contribution in [0, 0.1) is 0 Å². The number of amides is 1. The van der Waals surface area contributed by atoms with Crippen LogP contribution in [0.3, 0.4) is 0 Å². The van der Waals surface area contributed by atoms with Crippen molar-refractivity contribution in [2.24, 2.45) is 0 Å². The molecule has 1 amide bonds. The third-order valence-electron chi connectivity index (χ3n) is 5.51. The molecule has 0 radical (unpaired) electrons. The van der Waals surface area contributed by atoms with E-state index >= 15 is 0 Å². The van der Waals surface area contributed by atoms with E-state index in [0.29, 0.717) is 25.7 Å². The standard InChI is InChI=1S/C25H27N3O6S/c1-32-23-8-7-21(35(30,31)28-11-13-33-14-12-28)16-22(23)25(29)27-17-20-9-10-26-24(15-20)34-18-19-5-3-2-4-6-19/h2-10,15-16H,11-14,17-18H2,1H3,(H,27,29). The minimum Gasteiger partial charge on any atom is -0.496 e. The monoisotopic (exact) mass is 497 g/mol. The highest BCUT2D eigenvalue weighted by Crippen LogP contribution is 2.25. The number of carbonyl (C=O) groups is 1. The molecule has 10 heteroatoms. The summed E-state index contributed by atoms with van der Waals surface area (Å²) in [5, 5.41) is 2.82. The molecule has 4 rings (SSSR count). The molecular weight excluding hydrogens is 470 g/mol. The Bertz CT molecular complexity index is 1260. The van der Waals surface area contributed by atoms with Crippen LogP contribution < -0.4 is 14.8 Å². The Morgan fingerprint density at radius 2 is 1.83 bits per heavy atom. The fraction of sp³-hybridized carbons (Fsp3) is 0.280. The van der Waals surface area contributed by atoms with Crippen LogP contribution in [0.15, 0.2) is 71.8 Å². The summed E-state index contributed by atoms with van der Waals surface area (Å²) in [5.74, 6) is 0.270. The molecule has 0 bridgehead atoms. The zero-order valence-electron chi connectivity index (χ0n) is 19.3. The molecular formula is C25H27N3O6S. The van der Waals surface area contributed by atoms with Crippen molar-refractivity contribution in [1.29, 1.82) is 0 Å². The summed E-state index contributed by atoms with van der Waals surface area (Å²) >= 11 is 0. The average Bonchev–Trinajstić information content (AvgIpc) is 2.91. The number of pyridine rings is 1. The number of hydrogen-bond acceptors (Lipinski definition) is 7. The Morgan fingerprint density at radius 3 is 2.57 bits per heavy atom. The SMILES string of the molecule is COc1ccc(S(=O)(=O)N2CCOCC2)cc1C(=O)NCc1ccnc(OCc2ccccc2)c1. The highest BCUT2D eigenvalue weighted by atomic mass is 32.2. The number of hydrogen-bond donors (Lipinski definition) is 1. The van der Waals surface area contributed by atoms with E-state index < -0.39 is 15.9 Å². The molecule has 0 saturated carbocycles. The fourth-order valence-electron chi connectivity index (χ4n) is 3.61. The highest BCUT2D eigenvalue weighted by molar-refractivity contribution is 7.89. The van der Waals surface area contributed by atoms with Gasteiger partial charge in [-0.25, -0.2) is 13.4 Å². The number of sulfonamides is 1. The van der Waals surface area contributed by atoms with Gasteiger partial charge in [-0.3, -0.25) is 4.79 Å². The molecule has 35 heavy (non-hydrogen) atoms. The van der Waals surface area contributed by atoms with Crippen molar-refractivity contribution in [3.63, 3.8) is 0 Å². The fourth-order valence-corrected chi connectivity index (χ4v) is 5.04. The Labute approximate surface area is 204 Å². The molecule has 1 N–H and O–H groups in total. The predicted molar refractivity (Wildman–Crippen MR) is 129 cm³/mol. The number of rotatable bonds is 9. The molecule has 0 aliphatic carbocycles. The van der Waals surface area contributed by atoms with Crippen LogP contribution >= 0.6 is 0 Å². The first-order valence-electron chi connectivity index (χ1n) is 11.1. The predicted octanol–water partition coefficient (Wildman–Crippen LogP) is 2.62. The van der Waals surface area contributed by atoms with Gasteiger partial charge in [0.05, 0.1) is 30.8 Å². The lowest BCUT2D eigenvalue weighted by Gasteiger charge is -2.26. The maximum absolute atomic E-state index is 13.0. The summed E-state index contributed by atoms with van der Waals surface area (Å²) in [4.78, 5) is 17.2. The quantitative estimate of drug-likeness (QED) is 0.484.